The molecular formula is C12H14BrNO3. The van der Waals surface area contributed by atoms with Crippen molar-refractivity contribution in [2.24, 2.45) is 0 Å². The number of aliphatic hydroxyl groups is 1. The number of aliphatic hydroxyl groups excluding tert-OH is 1. The molecule has 5 heteroatoms. The molecule has 4 nitrogen and oxygen atoms in total. The van der Waals surface area contributed by atoms with Crippen LogP contribution in [0.4, 0.5) is 0 Å². The first-order chi connectivity index (χ1) is 8.04. The van der Waals surface area contributed by atoms with Crippen molar-refractivity contribution in [3.8, 4) is 0 Å². The number of carbonyl (C=O) groups is 2. The Morgan fingerprint density at radius 2 is 1.94 bits per heavy atom. The first-order valence-electron chi connectivity index (χ1n) is 5.26. The lowest BCUT2D eigenvalue weighted by Crippen LogP contribution is -2.38. The molecule has 1 aromatic carbocycles. The van der Waals surface area contributed by atoms with E-state index in [0.29, 0.717) is 12.0 Å². The van der Waals surface area contributed by atoms with Crippen LogP contribution in [-0.4, -0.2) is 29.4 Å². The van der Waals surface area contributed by atoms with Gasteiger partial charge in [-0.2, -0.15) is 0 Å². The highest BCUT2D eigenvalue weighted by Gasteiger charge is 2.17. The number of carbonyl (C=O) groups excluding carboxylic acids is 2. The maximum Gasteiger partial charge on any atom is 0.292 e. The SMILES string of the molecule is C[C@H](CCO)NC(=O)C(=O)c1ccc(Br)cc1. The summed E-state index contributed by atoms with van der Waals surface area (Å²) in [5.41, 5.74) is 0.349. The third kappa shape index (κ3) is 4.28. The van der Waals surface area contributed by atoms with Crippen LogP contribution >= 0.6 is 15.9 Å². The van der Waals surface area contributed by atoms with E-state index in [2.05, 4.69) is 21.2 Å². The minimum absolute atomic E-state index is 0.0199. The summed E-state index contributed by atoms with van der Waals surface area (Å²) in [7, 11) is 0. The van der Waals surface area contributed by atoms with Gasteiger partial charge in [-0.1, -0.05) is 15.9 Å². The lowest BCUT2D eigenvalue weighted by Gasteiger charge is -2.11. The summed E-state index contributed by atoms with van der Waals surface area (Å²) in [6, 6.07) is 6.37. The van der Waals surface area contributed by atoms with Gasteiger partial charge in [-0.25, -0.2) is 0 Å². The highest BCUT2D eigenvalue weighted by Crippen LogP contribution is 2.11. The number of amides is 1. The number of Topliss-reactive ketones (excluding diaryl/α,β-unsaturated/α-hetero) is 1. The Bertz CT molecular complexity index is 403. The van der Waals surface area contributed by atoms with Crippen molar-refractivity contribution < 1.29 is 14.7 Å². The topological polar surface area (TPSA) is 66.4 Å². The van der Waals surface area contributed by atoms with Crippen LogP contribution in [0.5, 0.6) is 0 Å². The summed E-state index contributed by atoms with van der Waals surface area (Å²) < 4.78 is 0.850. The Labute approximate surface area is 108 Å². The molecule has 1 atom stereocenters. The van der Waals surface area contributed by atoms with Crippen LogP contribution < -0.4 is 5.32 Å². The number of hydrogen-bond acceptors (Lipinski definition) is 3. The number of hydrogen-bond donors (Lipinski definition) is 2. The van der Waals surface area contributed by atoms with Gasteiger partial charge in [-0.05, 0) is 37.6 Å². The minimum atomic E-state index is -0.645. The van der Waals surface area contributed by atoms with E-state index >= 15 is 0 Å². The van der Waals surface area contributed by atoms with E-state index in [1.54, 1.807) is 31.2 Å². The van der Waals surface area contributed by atoms with Gasteiger partial charge in [0.15, 0.2) is 0 Å². The third-order valence-electron chi connectivity index (χ3n) is 2.25. The second-order valence-electron chi connectivity index (χ2n) is 3.72. The molecule has 1 aromatic rings. The molecule has 0 aromatic heterocycles. The van der Waals surface area contributed by atoms with Gasteiger partial charge in [0.25, 0.3) is 5.91 Å². The van der Waals surface area contributed by atoms with Crippen LogP contribution in [0.1, 0.15) is 23.7 Å². The zero-order chi connectivity index (χ0) is 12.8. The standard InChI is InChI=1S/C12H14BrNO3/c1-8(6-7-15)14-12(17)11(16)9-2-4-10(13)5-3-9/h2-5,8,15H,6-7H2,1H3,(H,14,17)/t8-/m1/s1. The fraction of sp³-hybridized carbons (Fsp3) is 0.333. The van der Waals surface area contributed by atoms with Crippen LogP contribution in [0.25, 0.3) is 0 Å². The molecular weight excluding hydrogens is 286 g/mol. The monoisotopic (exact) mass is 299 g/mol. The second-order valence-corrected chi connectivity index (χ2v) is 4.64. The minimum Gasteiger partial charge on any atom is -0.396 e. The summed E-state index contributed by atoms with van der Waals surface area (Å²) in [6.07, 6.45) is 0.430. The van der Waals surface area contributed by atoms with Crippen molar-refractivity contribution in [3.63, 3.8) is 0 Å². The fourth-order valence-corrected chi connectivity index (χ4v) is 1.55. The summed E-state index contributed by atoms with van der Waals surface area (Å²) >= 11 is 3.25. The quantitative estimate of drug-likeness (QED) is 0.640. The predicted molar refractivity (Wildman–Crippen MR) is 67.8 cm³/mol. The Morgan fingerprint density at radius 1 is 1.35 bits per heavy atom. The van der Waals surface area contributed by atoms with Crippen molar-refractivity contribution in [1.82, 2.24) is 5.32 Å². The van der Waals surface area contributed by atoms with Crippen LogP contribution in [-0.2, 0) is 4.79 Å². The van der Waals surface area contributed by atoms with Crippen molar-refractivity contribution in [1.29, 1.82) is 0 Å². The number of nitrogens with one attached hydrogen (secondary N) is 1. The molecule has 0 spiro atoms. The van der Waals surface area contributed by atoms with Crippen LogP contribution in [0.3, 0.4) is 0 Å². The second kappa shape index (κ2) is 6.51. The number of rotatable bonds is 5. The van der Waals surface area contributed by atoms with Gasteiger partial charge in [-0.3, -0.25) is 9.59 Å². The van der Waals surface area contributed by atoms with Crippen LogP contribution in [0.15, 0.2) is 28.7 Å². The van der Waals surface area contributed by atoms with Gasteiger partial charge in [-0.15, -0.1) is 0 Å². The molecule has 0 aliphatic carbocycles. The molecule has 1 rings (SSSR count). The summed E-state index contributed by atoms with van der Waals surface area (Å²) in [6.45, 7) is 1.72. The molecule has 0 unspecified atom stereocenters. The van der Waals surface area contributed by atoms with E-state index in [9.17, 15) is 9.59 Å². The maximum absolute atomic E-state index is 11.7. The smallest absolute Gasteiger partial charge is 0.292 e. The molecule has 0 radical (unpaired) electrons. The van der Waals surface area contributed by atoms with Gasteiger partial charge in [0.2, 0.25) is 5.78 Å². The largest absolute Gasteiger partial charge is 0.396 e. The summed E-state index contributed by atoms with van der Waals surface area (Å²) in [4.78, 5) is 23.3. The molecule has 0 aliphatic heterocycles. The highest BCUT2D eigenvalue weighted by atomic mass is 79.9. The zero-order valence-corrected chi connectivity index (χ0v) is 11.0. The molecule has 0 heterocycles. The summed E-state index contributed by atoms with van der Waals surface area (Å²) in [5, 5.41) is 11.2. The van der Waals surface area contributed by atoms with E-state index in [-0.39, 0.29) is 12.6 Å². The van der Waals surface area contributed by atoms with E-state index in [1.807, 2.05) is 0 Å². The molecule has 17 heavy (non-hydrogen) atoms. The Balaban J connectivity index is 2.64. The molecule has 0 saturated carbocycles. The first kappa shape index (κ1) is 13.9. The highest BCUT2D eigenvalue weighted by molar-refractivity contribution is 9.10. The molecule has 0 bridgehead atoms. The lowest BCUT2D eigenvalue weighted by molar-refractivity contribution is -0.117. The van der Waals surface area contributed by atoms with Crippen molar-refractivity contribution in [2.45, 2.75) is 19.4 Å². The lowest BCUT2D eigenvalue weighted by atomic mass is 10.1. The summed E-state index contributed by atoms with van der Waals surface area (Å²) in [5.74, 6) is -1.21. The number of ketones is 1. The van der Waals surface area contributed by atoms with Crippen molar-refractivity contribution >= 4 is 27.6 Å². The van der Waals surface area contributed by atoms with E-state index in [4.69, 9.17) is 5.11 Å². The van der Waals surface area contributed by atoms with Crippen LogP contribution in [0.2, 0.25) is 0 Å². The van der Waals surface area contributed by atoms with Gasteiger partial charge in [0.1, 0.15) is 0 Å². The molecule has 92 valence electrons. The van der Waals surface area contributed by atoms with E-state index in [0.717, 1.165) is 4.47 Å². The van der Waals surface area contributed by atoms with Crippen molar-refractivity contribution in [2.75, 3.05) is 6.61 Å². The predicted octanol–water partition coefficient (Wildman–Crippen LogP) is 1.52. The zero-order valence-electron chi connectivity index (χ0n) is 9.44. The Kier molecular flexibility index (Phi) is 5.31. The maximum atomic E-state index is 11.7. The fourth-order valence-electron chi connectivity index (χ4n) is 1.29. The van der Waals surface area contributed by atoms with Gasteiger partial charge in [0.05, 0.1) is 0 Å². The molecule has 0 fully saturated rings. The molecule has 0 aliphatic rings. The van der Waals surface area contributed by atoms with Crippen molar-refractivity contribution in [3.05, 3.63) is 34.3 Å². The van der Waals surface area contributed by atoms with Crippen LogP contribution in [0, 0.1) is 0 Å². The molecule has 0 saturated heterocycles. The van der Waals surface area contributed by atoms with Gasteiger partial charge >= 0.3 is 0 Å². The normalized spacial score (nSPS) is 11.9. The Hall–Kier alpha value is -1.20. The van der Waals surface area contributed by atoms with Gasteiger partial charge in [0, 0.05) is 22.7 Å². The van der Waals surface area contributed by atoms with Gasteiger partial charge < -0.3 is 10.4 Å². The molecule has 1 amide bonds. The first-order valence-corrected chi connectivity index (χ1v) is 6.05. The van der Waals surface area contributed by atoms with E-state index in [1.165, 1.54) is 0 Å². The number of halogens is 1. The average molecular weight is 300 g/mol. The Morgan fingerprint density at radius 3 is 2.47 bits per heavy atom. The molecule has 2 N–H and O–H groups in total. The third-order valence-corrected chi connectivity index (χ3v) is 2.78. The number of benzene rings is 1. The average Bonchev–Trinajstić information content (AvgIpc) is 2.29. The van der Waals surface area contributed by atoms with E-state index < -0.39 is 11.7 Å².